The SMILES string of the molecule is Fc1ccc(C2CCN(CC3Nc4cc(Cl)cc5c4N3CCC5)CC2)cc1. The lowest BCUT2D eigenvalue weighted by Gasteiger charge is -2.37. The summed E-state index contributed by atoms with van der Waals surface area (Å²) in [5.74, 6) is 0.403. The zero-order valence-electron chi connectivity index (χ0n) is 15.4. The second-order valence-corrected chi connectivity index (χ2v) is 8.48. The molecular weight excluding hydrogens is 361 g/mol. The van der Waals surface area contributed by atoms with Crippen molar-refractivity contribution in [1.29, 1.82) is 0 Å². The summed E-state index contributed by atoms with van der Waals surface area (Å²) < 4.78 is 13.2. The smallest absolute Gasteiger partial charge is 0.123 e. The van der Waals surface area contributed by atoms with Gasteiger partial charge in [0.25, 0.3) is 0 Å². The lowest BCUT2D eigenvalue weighted by molar-refractivity contribution is 0.204. The molecule has 0 spiro atoms. The number of hydrogen-bond donors (Lipinski definition) is 1. The standard InChI is InChI=1S/C22H25ClFN3/c23-18-12-17-2-1-9-27-21(25-20(13-18)22(17)27)14-26-10-7-16(8-11-26)15-3-5-19(24)6-4-15/h3-6,12-13,16,21,25H,1-2,7-11,14H2. The van der Waals surface area contributed by atoms with Crippen molar-refractivity contribution in [2.75, 3.05) is 36.4 Å². The van der Waals surface area contributed by atoms with E-state index in [1.165, 1.54) is 28.9 Å². The first kappa shape index (κ1) is 17.3. The first-order chi connectivity index (χ1) is 13.2. The number of benzene rings is 2. The molecule has 1 atom stereocenters. The fourth-order valence-electron chi connectivity index (χ4n) is 4.99. The monoisotopic (exact) mass is 385 g/mol. The topological polar surface area (TPSA) is 18.5 Å². The van der Waals surface area contributed by atoms with E-state index in [0.717, 1.165) is 50.5 Å². The van der Waals surface area contributed by atoms with Crippen LogP contribution in [0.1, 0.15) is 36.3 Å². The van der Waals surface area contributed by atoms with Crippen LogP contribution in [0, 0.1) is 5.82 Å². The molecule has 0 saturated carbocycles. The Bertz CT molecular complexity index is 830. The minimum absolute atomic E-state index is 0.149. The fraction of sp³-hybridized carbons (Fsp3) is 0.455. The van der Waals surface area contributed by atoms with Crippen LogP contribution in [0.5, 0.6) is 0 Å². The lowest BCUT2D eigenvalue weighted by atomic mass is 9.89. The number of anilines is 2. The summed E-state index contributed by atoms with van der Waals surface area (Å²) in [6.07, 6.45) is 4.93. The van der Waals surface area contributed by atoms with Gasteiger partial charge < -0.3 is 10.2 Å². The summed E-state index contributed by atoms with van der Waals surface area (Å²) in [6, 6.07) is 11.3. The van der Waals surface area contributed by atoms with Gasteiger partial charge in [0.1, 0.15) is 12.0 Å². The molecule has 1 N–H and O–H groups in total. The van der Waals surface area contributed by atoms with E-state index in [0.29, 0.717) is 12.1 Å². The van der Waals surface area contributed by atoms with Gasteiger partial charge in [-0.05, 0) is 80.1 Å². The van der Waals surface area contributed by atoms with Gasteiger partial charge in [0, 0.05) is 18.1 Å². The predicted octanol–water partition coefficient (Wildman–Crippen LogP) is 4.86. The number of nitrogens with zero attached hydrogens (tertiary/aromatic N) is 2. The Balaban J connectivity index is 1.24. The molecule has 0 radical (unpaired) electrons. The molecule has 1 fully saturated rings. The molecule has 3 heterocycles. The van der Waals surface area contributed by atoms with Crippen molar-refractivity contribution in [2.24, 2.45) is 0 Å². The average molecular weight is 386 g/mol. The van der Waals surface area contributed by atoms with E-state index in [1.807, 2.05) is 12.1 Å². The van der Waals surface area contributed by atoms with Gasteiger partial charge in [-0.1, -0.05) is 23.7 Å². The molecule has 27 heavy (non-hydrogen) atoms. The molecule has 1 unspecified atom stereocenters. The maximum absolute atomic E-state index is 13.2. The fourth-order valence-corrected chi connectivity index (χ4v) is 5.23. The first-order valence-corrected chi connectivity index (χ1v) is 10.4. The molecule has 3 aliphatic heterocycles. The largest absolute Gasteiger partial charge is 0.362 e. The highest BCUT2D eigenvalue weighted by Gasteiger charge is 2.35. The van der Waals surface area contributed by atoms with Crippen LogP contribution in [0.25, 0.3) is 0 Å². The van der Waals surface area contributed by atoms with Crippen LogP contribution in [0.2, 0.25) is 5.02 Å². The summed E-state index contributed by atoms with van der Waals surface area (Å²) in [5.41, 5.74) is 5.23. The normalized spacial score (nSPS) is 22.6. The van der Waals surface area contributed by atoms with Crippen LogP contribution in [-0.2, 0) is 6.42 Å². The number of nitrogens with one attached hydrogen (secondary N) is 1. The van der Waals surface area contributed by atoms with Crippen molar-refractivity contribution in [3.63, 3.8) is 0 Å². The van der Waals surface area contributed by atoms with E-state index in [2.05, 4.69) is 27.2 Å². The highest BCUT2D eigenvalue weighted by molar-refractivity contribution is 6.31. The molecule has 2 aromatic carbocycles. The highest BCUT2D eigenvalue weighted by Crippen LogP contribution is 2.43. The third-order valence-corrected chi connectivity index (χ3v) is 6.56. The van der Waals surface area contributed by atoms with E-state index in [4.69, 9.17) is 11.6 Å². The van der Waals surface area contributed by atoms with Gasteiger partial charge in [-0.25, -0.2) is 4.39 Å². The Kier molecular flexibility index (Phi) is 4.49. The van der Waals surface area contributed by atoms with Crippen LogP contribution in [0.15, 0.2) is 36.4 Å². The minimum Gasteiger partial charge on any atom is -0.362 e. The zero-order valence-corrected chi connectivity index (χ0v) is 16.2. The highest BCUT2D eigenvalue weighted by atomic mass is 35.5. The van der Waals surface area contributed by atoms with Gasteiger partial charge in [0.15, 0.2) is 0 Å². The molecule has 2 aromatic rings. The van der Waals surface area contributed by atoms with Crippen molar-refractivity contribution in [1.82, 2.24) is 4.90 Å². The van der Waals surface area contributed by atoms with Gasteiger partial charge in [-0.3, -0.25) is 4.90 Å². The second kappa shape index (κ2) is 6.99. The Morgan fingerprint density at radius 3 is 2.63 bits per heavy atom. The van der Waals surface area contributed by atoms with E-state index >= 15 is 0 Å². The summed E-state index contributed by atoms with van der Waals surface area (Å²) >= 11 is 6.31. The average Bonchev–Trinajstić information content (AvgIpc) is 3.02. The molecule has 1 saturated heterocycles. The van der Waals surface area contributed by atoms with Gasteiger partial charge in [-0.15, -0.1) is 0 Å². The van der Waals surface area contributed by atoms with Gasteiger partial charge >= 0.3 is 0 Å². The van der Waals surface area contributed by atoms with Crippen molar-refractivity contribution in [3.05, 3.63) is 58.4 Å². The molecule has 5 heteroatoms. The first-order valence-electron chi connectivity index (χ1n) is 10.0. The predicted molar refractivity (Wildman–Crippen MR) is 109 cm³/mol. The van der Waals surface area contributed by atoms with E-state index in [-0.39, 0.29) is 5.82 Å². The van der Waals surface area contributed by atoms with E-state index in [1.54, 1.807) is 12.1 Å². The summed E-state index contributed by atoms with van der Waals surface area (Å²) in [6.45, 7) is 4.34. The number of piperidine rings is 1. The number of likely N-dealkylation sites (tertiary alicyclic amines) is 1. The van der Waals surface area contributed by atoms with Crippen LogP contribution in [0.4, 0.5) is 15.8 Å². The zero-order chi connectivity index (χ0) is 18.4. The number of hydrogen-bond acceptors (Lipinski definition) is 3. The molecule has 0 aromatic heterocycles. The van der Waals surface area contributed by atoms with Gasteiger partial charge in [0.2, 0.25) is 0 Å². The molecule has 0 amide bonds. The molecule has 5 rings (SSSR count). The number of halogens is 2. The van der Waals surface area contributed by atoms with Gasteiger partial charge in [0.05, 0.1) is 11.4 Å². The van der Waals surface area contributed by atoms with Crippen molar-refractivity contribution < 1.29 is 4.39 Å². The number of aryl methyl sites for hydroxylation is 1. The molecule has 0 aliphatic carbocycles. The molecule has 3 nitrogen and oxygen atoms in total. The third kappa shape index (κ3) is 3.30. The van der Waals surface area contributed by atoms with Crippen LogP contribution >= 0.6 is 11.6 Å². The number of rotatable bonds is 3. The van der Waals surface area contributed by atoms with Gasteiger partial charge in [-0.2, -0.15) is 0 Å². The Morgan fingerprint density at radius 1 is 1.07 bits per heavy atom. The summed E-state index contributed by atoms with van der Waals surface area (Å²) in [7, 11) is 0. The van der Waals surface area contributed by atoms with Crippen LogP contribution < -0.4 is 10.2 Å². The van der Waals surface area contributed by atoms with Crippen molar-refractivity contribution >= 4 is 23.0 Å². The molecule has 3 aliphatic rings. The van der Waals surface area contributed by atoms with Crippen molar-refractivity contribution in [2.45, 2.75) is 37.8 Å². The summed E-state index contributed by atoms with van der Waals surface area (Å²) in [5, 5.41) is 4.54. The van der Waals surface area contributed by atoms with Crippen LogP contribution in [0.3, 0.4) is 0 Å². The van der Waals surface area contributed by atoms with Crippen LogP contribution in [-0.4, -0.2) is 37.2 Å². The molecule has 142 valence electrons. The molecular formula is C22H25ClFN3. The Labute approximate surface area is 165 Å². The van der Waals surface area contributed by atoms with Crippen molar-refractivity contribution in [3.8, 4) is 0 Å². The maximum Gasteiger partial charge on any atom is 0.123 e. The van der Waals surface area contributed by atoms with E-state index < -0.39 is 0 Å². The Morgan fingerprint density at radius 2 is 1.85 bits per heavy atom. The molecule has 0 bridgehead atoms. The van der Waals surface area contributed by atoms with E-state index in [9.17, 15) is 4.39 Å². The lowest BCUT2D eigenvalue weighted by Crippen LogP contribution is -2.48. The quantitative estimate of drug-likeness (QED) is 0.813. The maximum atomic E-state index is 13.2. The summed E-state index contributed by atoms with van der Waals surface area (Å²) in [4.78, 5) is 5.11. The second-order valence-electron chi connectivity index (χ2n) is 8.04. The Hall–Kier alpha value is -1.78. The third-order valence-electron chi connectivity index (χ3n) is 6.34. The minimum atomic E-state index is -0.149.